The second-order valence-electron chi connectivity index (χ2n) is 4.21. The number of nitrogens with one attached hydrogen (secondary N) is 2. The quantitative estimate of drug-likeness (QED) is 0.840. The molecule has 1 fully saturated rings. The van der Waals surface area contributed by atoms with Crippen LogP contribution in [0.3, 0.4) is 0 Å². The van der Waals surface area contributed by atoms with Crippen LogP contribution in [0.4, 0.5) is 0 Å². The second-order valence-corrected chi connectivity index (χ2v) is 4.64. The van der Waals surface area contributed by atoms with Gasteiger partial charge in [-0.15, -0.1) is 0 Å². The molecule has 5 nitrogen and oxygen atoms in total. The summed E-state index contributed by atoms with van der Waals surface area (Å²) in [5.41, 5.74) is 0.255. The van der Waals surface area contributed by atoms with Gasteiger partial charge in [0.1, 0.15) is 5.69 Å². The van der Waals surface area contributed by atoms with Gasteiger partial charge in [-0.2, -0.15) is 0 Å². The molecule has 96 valence electrons. The average molecular weight is 268 g/mol. The van der Waals surface area contributed by atoms with E-state index in [0.717, 1.165) is 12.8 Å². The van der Waals surface area contributed by atoms with E-state index in [4.69, 9.17) is 11.6 Å². The number of amides is 2. The van der Waals surface area contributed by atoms with Crippen molar-refractivity contribution >= 4 is 23.4 Å². The third-order valence-electron chi connectivity index (χ3n) is 2.53. The van der Waals surface area contributed by atoms with Crippen LogP contribution in [0.1, 0.15) is 29.8 Å². The predicted octanol–water partition coefficient (Wildman–Crippen LogP) is 1.13. The van der Waals surface area contributed by atoms with Crippen molar-refractivity contribution < 1.29 is 9.59 Å². The molecule has 1 aliphatic rings. The molecule has 2 amide bonds. The van der Waals surface area contributed by atoms with Crippen LogP contribution in [0.5, 0.6) is 0 Å². The van der Waals surface area contributed by atoms with Crippen LogP contribution in [0.2, 0.25) is 5.02 Å². The molecule has 1 aromatic rings. The third-order valence-corrected chi connectivity index (χ3v) is 2.77. The maximum Gasteiger partial charge on any atom is 0.269 e. The molecule has 18 heavy (non-hydrogen) atoms. The highest BCUT2D eigenvalue weighted by Crippen LogP contribution is 2.18. The summed E-state index contributed by atoms with van der Waals surface area (Å²) < 4.78 is 0. The molecule has 0 aromatic carbocycles. The second kappa shape index (κ2) is 5.82. The lowest BCUT2D eigenvalue weighted by Gasteiger charge is -2.05. The minimum absolute atomic E-state index is 0.0307. The van der Waals surface area contributed by atoms with Crippen molar-refractivity contribution in [2.45, 2.75) is 25.3 Å². The largest absolute Gasteiger partial charge is 0.353 e. The summed E-state index contributed by atoms with van der Waals surface area (Å²) in [5.74, 6) is -0.353. The zero-order chi connectivity index (χ0) is 13.0. The van der Waals surface area contributed by atoms with Gasteiger partial charge in [0.05, 0.1) is 0 Å². The van der Waals surface area contributed by atoms with Crippen LogP contribution in [-0.4, -0.2) is 29.4 Å². The minimum Gasteiger partial charge on any atom is -0.353 e. The highest BCUT2D eigenvalue weighted by Gasteiger charge is 2.22. The number of hydrogen-bond acceptors (Lipinski definition) is 3. The Morgan fingerprint density at radius 2 is 2.22 bits per heavy atom. The standard InChI is InChI=1S/C12H14ClN3O2/c13-8-3-5-14-10(7-8)12(18)15-6-4-11(17)16-9-1-2-9/h3,5,7,9H,1-2,4,6H2,(H,15,18)(H,16,17). The summed E-state index contributed by atoms with van der Waals surface area (Å²) in [4.78, 5) is 26.9. The van der Waals surface area contributed by atoms with E-state index < -0.39 is 0 Å². The van der Waals surface area contributed by atoms with E-state index in [-0.39, 0.29) is 23.9 Å². The summed E-state index contributed by atoms with van der Waals surface area (Å²) in [6, 6.07) is 3.44. The molecule has 0 radical (unpaired) electrons. The van der Waals surface area contributed by atoms with E-state index >= 15 is 0 Å². The van der Waals surface area contributed by atoms with E-state index in [0.29, 0.717) is 17.6 Å². The van der Waals surface area contributed by atoms with Crippen molar-refractivity contribution in [1.82, 2.24) is 15.6 Å². The van der Waals surface area contributed by atoms with Gasteiger partial charge in [0.25, 0.3) is 5.91 Å². The molecule has 0 atom stereocenters. The first kappa shape index (κ1) is 12.8. The van der Waals surface area contributed by atoms with Gasteiger partial charge in [-0.1, -0.05) is 11.6 Å². The Morgan fingerprint density at radius 1 is 1.44 bits per heavy atom. The highest BCUT2D eigenvalue weighted by molar-refractivity contribution is 6.30. The molecule has 0 bridgehead atoms. The van der Waals surface area contributed by atoms with Gasteiger partial charge >= 0.3 is 0 Å². The van der Waals surface area contributed by atoms with Crippen LogP contribution in [0.25, 0.3) is 0 Å². The fourth-order valence-electron chi connectivity index (χ4n) is 1.44. The Labute approximate surface area is 110 Å². The maximum absolute atomic E-state index is 11.6. The SMILES string of the molecule is O=C(CCNC(=O)c1cc(Cl)ccn1)NC1CC1. The van der Waals surface area contributed by atoms with Gasteiger partial charge in [0.2, 0.25) is 5.91 Å². The fourth-order valence-corrected chi connectivity index (χ4v) is 1.60. The first-order valence-corrected chi connectivity index (χ1v) is 6.22. The van der Waals surface area contributed by atoms with Crippen molar-refractivity contribution in [3.63, 3.8) is 0 Å². The van der Waals surface area contributed by atoms with Crippen LogP contribution >= 0.6 is 11.6 Å². The van der Waals surface area contributed by atoms with Crippen molar-refractivity contribution in [2.75, 3.05) is 6.54 Å². The van der Waals surface area contributed by atoms with Crippen LogP contribution in [0.15, 0.2) is 18.3 Å². The number of carbonyl (C=O) groups excluding carboxylic acids is 2. The summed E-state index contributed by atoms with van der Waals surface area (Å²) in [5, 5.41) is 5.94. The van der Waals surface area contributed by atoms with Gasteiger partial charge in [-0.25, -0.2) is 0 Å². The Morgan fingerprint density at radius 3 is 2.89 bits per heavy atom. The molecule has 0 spiro atoms. The average Bonchev–Trinajstić information content (AvgIpc) is 3.12. The summed E-state index contributed by atoms with van der Waals surface area (Å²) in [7, 11) is 0. The summed E-state index contributed by atoms with van der Waals surface area (Å²) >= 11 is 5.75. The number of rotatable bonds is 5. The van der Waals surface area contributed by atoms with E-state index in [1.165, 1.54) is 12.3 Å². The lowest BCUT2D eigenvalue weighted by molar-refractivity contribution is -0.121. The topological polar surface area (TPSA) is 71.1 Å². The molecule has 0 unspecified atom stereocenters. The van der Waals surface area contributed by atoms with Crippen molar-refractivity contribution in [3.8, 4) is 0 Å². The monoisotopic (exact) mass is 267 g/mol. The van der Waals surface area contributed by atoms with Crippen LogP contribution < -0.4 is 10.6 Å². The van der Waals surface area contributed by atoms with Crippen molar-refractivity contribution in [3.05, 3.63) is 29.0 Å². The van der Waals surface area contributed by atoms with Gasteiger partial charge in [0, 0.05) is 30.2 Å². The zero-order valence-electron chi connectivity index (χ0n) is 9.78. The third kappa shape index (κ3) is 4.00. The molecule has 0 saturated heterocycles. The molecular formula is C12H14ClN3O2. The molecule has 1 saturated carbocycles. The van der Waals surface area contributed by atoms with E-state index in [2.05, 4.69) is 15.6 Å². The normalized spacial score (nSPS) is 14.1. The fraction of sp³-hybridized carbons (Fsp3) is 0.417. The number of nitrogens with zero attached hydrogens (tertiary/aromatic N) is 1. The summed E-state index contributed by atoms with van der Waals surface area (Å²) in [6.07, 6.45) is 3.87. The van der Waals surface area contributed by atoms with Crippen molar-refractivity contribution in [1.29, 1.82) is 0 Å². The Kier molecular flexibility index (Phi) is 4.15. The van der Waals surface area contributed by atoms with Gasteiger partial charge in [-0.3, -0.25) is 14.6 Å². The number of hydrogen-bond donors (Lipinski definition) is 2. The number of halogens is 1. The molecule has 1 heterocycles. The minimum atomic E-state index is -0.322. The Balaban J connectivity index is 1.72. The molecule has 0 aliphatic heterocycles. The van der Waals surface area contributed by atoms with E-state index in [1.807, 2.05) is 0 Å². The zero-order valence-corrected chi connectivity index (χ0v) is 10.5. The lowest BCUT2D eigenvalue weighted by Crippen LogP contribution is -2.32. The first-order valence-electron chi connectivity index (χ1n) is 5.84. The molecule has 1 aromatic heterocycles. The first-order chi connectivity index (χ1) is 8.65. The maximum atomic E-state index is 11.6. The van der Waals surface area contributed by atoms with Gasteiger partial charge in [0.15, 0.2) is 0 Å². The van der Waals surface area contributed by atoms with E-state index in [1.54, 1.807) is 6.07 Å². The molecule has 6 heteroatoms. The van der Waals surface area contributed by atoms with E-state index in [9.17, 15) is 9.59 Å². The Hall–Kier alpha value is -1.62. The highest BCUT2D eigenvalue weighted by atomic mass is 35.5. The number of pyridine rings is 1. The molecule has 1 aliphatic carbocycles. The van der Waals surface area contributed by atoms with Gasteiger partial charge in [-0.05, 0) is 25.0 Å². The molecule has 2 rings (SSSR count). The number of aromatic nitrogens is 1. The van der Waals surface area contributed by atoms with Crippen LogP contribution in [-0.2, 0) is 4.79 Å². The predicted molar refractivity (Wildman–Crippen MR) is 67.4 cm³/mol. The molecule has 2 N–H and O–H groups in total. The lowest BCUT2D eigenvalue weighted by atomic mass is 10.3. The Bertz CT molecular complexity index is 460. The molecular weight excluding hydrogens is 254 g/mol. The smallest absolute Gasteiger partial charge is 0.269 e. The van der Waals surface area contributed by atoms with Crippen molar-refractivity contribution in [2.24, 2.45) is 0 Å². The summed E-state index contributed by atoms with van der Waals surface area (Å²) in [6.45, 7) is 0.297. The number of carbonyl (C=O) groups is 2. The van der Waals surface area contributed by atoms with Gasteiger partial charge < -0.3 is 10.6 Å². The van der Waals surface area contributed by atoms with Crippen LogP contribution in [0, 0.1) is 0 Å².